The van der Waals surface area contributed by atoms with Crippen LogP contribution in [0.3, 0.4) is 0 Å². The van der Waals surface area contributed by atoms with Crippen LogP contribution in [-0.2, 0) is 46.1 Å². The van der Waals surface area contributed by atoms with Crippen molar-refractivity contribution in [2.75, 3.05) is 32.4 Å². The number of carbonyl (C=O) groups is 3. The number of aliphatic carboxylic acids is 2. The zero-order valence-electron chi connectivity index (χ0n) is 23.2. The van der Waals surface area contributed by atoms with E-state index >= 15 is 0 Å². The molecule has 3 rings (SSSR count). The van der Waals surface area contributed by atoms with Gasteiger partial charge < -0.3 is 39.2 Å². The molecule has 2 aromatic heterocycles. The summed E-state index contributed by atoms with van der Waals surface area (Å²) < 4.78 is 36.8. The first-order valence-corrected chi connectivity index (χ1v) is 14.2. The highest BCUT2D eigenvalue weighted by molar-refractivity contribution is 7.56. The number of nitrogens with one attached hydrogen (secondary N) is 1. The normalized spacial score (nSPS) is 13.1. The van der Waals surface area contributed by atoms with E-state index in [1.807, 2.05) is 30.3 Å². The van der Waals surface area contributed by atoms with E-state index in [-0.39, 0.29) is 38.0 Å². The molecule has 0 saturated carbocycles. The van der Waals surface area contributed by atoms with Gasteiger partial charge in [-0.05, 0) is 19.4 Å². The molecule has 0 aliphatic heterocycles. The minimum Gasteiger partial charge on any atom is -0.479 e. The molecule has 0 radical (unpaired) electrons. The molecule has 0 aliphatic rings. The first kappa shape index (κ1) is 33.8. The molecule has 2 atom stereocenters. The molecule has 2 heterocycles. The molecular formula is C25H33N6O10P. The number of carbonyl (C=O) groups excluding carboxylic acids is 1. The van der Waals surface area contributed by atoms with Crippen molar-refractivity contribution in [2.24, 2.45) is 0 Å². The van der Waals surface area contributed by atoms with Gasteiger partial charge in [0.25, 0.3) is 7.52 Å². The second-order valence-electron chi connectivity index (χ2n) is 8.28. The number of nitrogen functional groups attached to an aromatic ring is 1. The van der Waals surface area contributed by atoms with E-state index in [1.54, 1.807) is 24.7 Å². The Morgan fingerprint density at radius 3 is 2.40 bits per heavy atom. The second-order valence-corrected chi connectivity index (χ2v) is 10.4. The van der Waals surface area contributed by atoms with E-state index in [9.17, 15) is 18.9 Å². The molecule has 228 valence electrons. The molecule has 16 nitrogen and oxygen atoms in total. The average Bonchev–Trinajstić information content (AvgIpc) is 3.36. The molecule has 0 aliphatic carbocycles. The lowest BCUT2D eigenvalue weighted by Gasteiger charge is -2.23. The lowest BCUT2D eigenvalue weighted by molar-refractivity contribution is -0.144. The van der Waals surface area contributed by atoms with Gasteiger partial charge in [0.2, 0.25) is 11.8 Å². The summed E-state index contributed by atoms with van der Waals surface area (Å²) >= 11 is 0. The van der Waals surface area contributed by atoms with Gasteiger partial charge >= 0.3 is 17.9 Å². The Balaban J connectivity index is 0.000000675. The summed E-state index contributed by atoms with van der Waals surface area (Å²) in [6.07, 6.45) is 2.43. The zero-order chi connectivity index (χ0) is 31.1. The Kier molecular flexibility index (Phi) is 13.5. The molecule has 42 heavy (non-hydrogen) atoms. The van der Waals surface area contributed by atoms with Crippen LogP contribution in [0.1, 0.15) is 19.4 Å². The number of aromatic nitrogens is 4. The number of anilines is 1. The number of fused-ring (bicyclic) bond motifs is 1. The molecule has 0 bridgehead atoms. The molecule has 0 saturated heterocycles. The van der Waals surface area contributed by atoms with E-state index in [1.165, 1.54) is 7.11 Å². The topological polar surface area (TPSA) is 227 Å². The summed E-state index contributed by atoms with van der Waals surface area (Å²) in [4.78, 5) is 43.6. The van der Waals surface area contributed by atoms with Crippen LogP contribution in [0.4, 0.5) is 5.95 Å². The molecule has 0 amide bonds. The number of esters is 1. The minimum absolute atomic E-state index is 0.0583. The van der Waals surface area contributed by atoms with Crippen molar-refractivity contribution >= 4 is 42.5 Å². The lowest BCUT2D eigenvalue weighted by atomic mass is 10.2. The van der Waals surface area contributed by atoms with Crippen LogP contribution >= 0.6 is 7.52 Å². The number of hydrogen-bond acceptors (Lipinski definition) is 12. The maximum absolute atomic E-state index is 13.5. The van der Waals surface area contributed by atoms with Crippen molar-refractivity contribution in [2.45, 2.75) is 33.0 Å². The third-order valence-corrected chi connectivity index (χ3v) is 6.91. The van der Waals surface area contributed by atoms with E-state index < -0.39 is 31.5 Å². The zero-order valence-corrected chi connectivity index (χ0v) is 24.1. The van der Waals surface area contributed by atoms with Crippen LogP contribution < -0.4 is 15.6 Å². The third kappa shape index (κ3) is 11.2. The van der Waals surface area contributed by atoms with Gasteiger partial charge in [-0.1, -0.05) is 30.3 Å². The van der Waals surface area contributed by atoms with Gasteiger partial charge in [-0.3, -0.25) is 9.36 Å². The van der Waals surface area contributed by atoms with Gasteiger partial charge in [0, 0.05) is 18.7 Å². The maximum atomic E-state index is 13.5. The van der Waals surface area contributed by atoms with Gasteiger partial charge in [-0.15, -0.1) is 0 Å². The number of hydrogen-bond donors (Lipinski definition) is 4. The fourth-order valence-corrected chi connectivity index (χ4v) is 4.86. The van der Waals surface area contributed by atoms with Crippen LogP contribution in [0.15, 0.2) is 48.8 Å². The van der Waals surface area contributed by atoms with Crippen LogP contribution in [0.25, 0.3) is 11.2 Å². The van der Waals surface area contributed by atoms with Crippen molar-refractivity contribution in [3.05, 3.63) is 54.4 Å². The Labute approximate surface area is 241 Å². The summed E-state index contributed by atoms with van der Waals surface area (Å²) in [7, 11) is -2.08. The minimum atomic E-state index is -3.56. The van der Waals surface area contributed by atoms with Crippen molar-refractivity contribution in [1.29, 1.82) is 0 Å². The number of carboxylic acids is 2. The molecule has 5 N–H and O–H groups in total. The predicted octanol–water partition coefficient (Wildman–Crippen LogP) is 2.05. The van der Waals surface area contributed by atoms with Crippen LogP contribution in [0.5, 0.6) is 5.88 Å². The molecule has 3 aromatic rings. The molecule has 1 aromatic carbocycles. The van der Waals surface area contributed by atoms with Gasteiger partial charge in [0.05, 0.1) is 33.3 Å². The summed E-state index contributed by atoms with van der Waals surface area (Å²) in [6, 6.07) is 8.46. The number of methoxy groups -OCH3 is 1. The van der Waals surface area contributed by atoms with Gasteiger partial charge in [-0.25, -0.2) is 19.7 Å². The fraction of sp³-hybridized carbons (Fsp3) is 0.360. The molecule has 0 unspecified atom stereocenters. The van der Waals surface area contributed by atoms with Gasteiger partial charge in [0.15, 0.2) is 11.2 Å². The lowest BCUT2D eigenvalue weighted by Crippen LogP contribution is -2.34. The highest BCUT2D eigenvalue weighted by Crippen LogP contribution is 2.44. The quantitative estimate of drug-likeness (QED) is 0.0837. The molecule has 0 spiro atoms. The molecule has 0 fully saturated rings. The first-order valence-electron chi connectivity index (χ1n) is 12.4. The van der Waals surface area contributed by atoms with Crippen LogP contribution in [0, 0.1) is 0 Å². The number of nitrogens with zero attached hydrogens (tertiary/aromatic N) is 4. The summed E-state index contributed by atoms with van der Waals surface area (Å²) in [6.45, 7) is 4.09. The highest BCUT2D eigenvalue weighted by atomic mass is 31.2. The second kappa shape index (κ2) is 16.8. The fourth-order valence-electron chi connectivity index (χ4n) is 3.21. The summed E-state index contributed by atoms with van der Waals surface area (Å²) in [5, 5.41) is 18.4. The van der Waals surface area contributed by atoms with Crippen molar-refractivity contribution < 1.29 is 47.9 Å². The maximum Gasteiger partial charge on any atom is 0.328 e. The number of benzene rings is 1. The predicted molar refractivity (Wildman–Crippen MR) is 150 cm³/mol. The molecular weight excluding hydrogens is 575 g/mol. The van der Waals surface area contributed by atoms with E-state index in [0.717, 1.165) is 5.56 Å². The van der Waals surface area contributed by atoms with E-state index in [0.29, 0.717) is 29.9 Å². The standard InChI is InChI=1S/C21H29N6O6P.C4H4O4/c1-4-32-20(28)15(2)26-34(29,33-12-16-8-6-5-7-9-16)14-31-11-10-27-13-23-17-18(27)24-21(22)25-19(17)30-3;5-3(6)1-2-4(7)8/h5-9,13,15H,4,10-12,14H2,1-3H3,(H,26,29)(H2,22,24,25);1-2H,(H,5,6)(H,7,8)/b;2-1+/t15-,34+;/m0./s1. The van der Waals surface area contributed by atoms with E-state index in [4.69, 9.17) is 34.7 Å². The van der Waals surface area contributed by atoms with Gasteiger partial charge in [0.1, 0.15) is 12.4 Å². The third-order valence-electron chi connectivity index (χ3n) is 5.06. The number of nitrogens with two attached hydrogens (primary N) is 1. The van der Waals surface area contributed by atoms with Crippen molar-refractivity contribution in [3.63, 3.8) is 0 Å². The smallest absolute Gasteiger partial charge is 0.328 e. The van der Waals surface area contributed by atoms with Crippen molar-refractivity contribution in [3.8, 4) is 5.88 Å². The number of imidazole rings is 1. The van der Waals surface area contributed by atoms with Crippen LogP contribution in [0.2, 0.25) is 0 Å². The number of carboxylic acid groups (broad SMARTS) is 2. The van der Waals surface area contributed by atoms with Crippen LogP contribution in [-0.4, -0.2) is 80.4 Å². The Bertz CT molecular complexity index is 1400. The van der Waals surface area contributed by atoms with Crippen molar-refractivity contribution in [1.82, 2.24) is 24.6 Å². The Hall–Kier alpha value is -4.37. The average molecular weight is 609 g/mol. The number of ether oxygens (including phenoxy) is 3. The highest BCUT2D eigenvalue weighted by Gasteiger charge is 2.29. The van der Waals surface area contributed by atoms with E-state index in [2.05, 4.69) is 20.0 Å². The Morgan fingerprint density at radius 2 is 1.81 bits per heavy atom. The van der Waals surface area contributed by atoms with Gasteiger partial charge in [-0.2, -0.15) is 9.97 Å². The monoisotopic (exact) mass is 608 g/mol. The largest absolute Gasteiger partial charge is 0.479 e. The molecule has 17 heteroatoms. The summed E-state index contributed by atoms with van der Waals surface area (Å²) in [5.74, 6) is -2.71. The SMILES string of the molecule is CCOC(=O)[C@H](C)N[P@@](=O)(COCCn1cnc2c(OC)nc(N)nc21)OCc1ccccc1.O=C(O)/C=C/C(=O)O. The summed E-state index contributed by atoms with van der Waals surface area (Å²) in [5.41, 5.74) is 7.54. The first-order chi connectivity index (χ1) is 20.0. The Morgan fingerprint density at radius 1 is 1.14 bits per heavy atom. The number of rotatable bonds is 15.